The van der Waals surface area contributed by atoms with E-state index < -0.39 is 58.1 Å². The molecule has 3 amide bonds. The first-order valence-corrected chi connectivity index (χ1v) is 15.9. The number of sulfone groups is 1. The predicted molar refractivity (Wildman–Crippen MR) is 171 cm³/mol. The molecule has 0 aromatic heterocycles. The fourth-order valence-electron chi connectivity index (χ4n) is 5.05. The molecule has 0 radical (unpaired) electrons. The zero-order chi connectivity index (χ0) is 32.8. The zero-order valence-corrected chi connectivity index (χ0v) is 25.5. The molecule has 0 bridgehead atoms. The second-order valence-electron chi connectivity index (χ2n) is 10.7. The minimum absolute atomic E-state index is 0.00330. The lowest BCUT2D eigenvalue weighted by molar-refractivity contribution is -0.137. The predicted octanol–water partition coefficient (Wildman–Crippen LogP) is 3.70. The number of carboxylic acids is 1. The van der Waals surface area contributed by atoms with E-state index in [2.05, 4.69) is 10.6 Å². The number of aliphatic carboxylic acids is 1. The summed E-state index contributed by atoms with van der Waals surface area (Å²) in [6, 6.07) is 23.2. The van der Waals surface area contributed by atoms with Gasteiger partial charge in [0.25, 0.3) is 11.8 Å². The van der Waals surface area contributed by atoms with E-state index in [-0.39, 0.29) is 17.2 Å². The molecule has 11 nitrogen and oxygen atoms in total. The molecular weight excluding hydrogens is 610 g/mol. The van der Waals surface area contributed by atoms with E-state index in [4.69, 9.17) is 4.74 Å². The number of hydrogen-bond donors (Lipinski definition) is 3. The highest BCUT2D eigenvalue weighted by Crippen LogP contribution is 2.33. The largest absolute Gasteiger partial charge is 0.489 e. The summed E-state index contributed by atoms with van der Waals surface area (Å²) < 4.78 is 31.4. The molecule has 3 atom stereocenters. The Hall–Kier alpha value is -5.49. The van der Waals surface area contributed by atoms with Crippen molar-refractivity contribution in [3.05, 3.63) is 114 Å². The van der Waals surface area contributed by atoms with Crippen LogP contribution in [0.4, 0.5) is 5.69 Å². The summed E-state index contributed by atoms with van der Waals surface area (Å²) in [7, 11) is -3.92. The fraction of sp³-hybridized carbons (Fsp3) is 0.176. The minimum atomic E-state index is -3.92. The molecule has 1 heterocycles. The van der Waals surface area contributed by atoms with Gasteiger partial charge in [0.15, 0.2) is 9.84 Å². The van der Waals surface area contributed by atoms with Crippen molar-refractivity contribution in [2.75, 3.05) is 11.5 Å². The third-order valence-corrected chi connectivity index (χ3v) is 8.88. The normalized spacial score (nSPS) is 16.2. The van der Waals surface area contributed by atoms with Gasteiger partial charge < -0.3 is 20.5 Å². The lowest BCUT2D eigenvalue weighted by Crippen LogP contribution is -2.56. The topological polar surface area (TPSA) is 159 Å². The number of para-hydroxylation sites is 2. The van der Waals surface area contributed by atoms with Crippen LogP contribution in [-0.2, 0) is 24.2 Å². The van der Waals surface area contributed by atoms with Crippen LogP contribution in [0.3, 0.4) is 0 Å². The monoisotopic (exact) mass is 641 g/mol. The number of carboxylic acid groups (broad SMARTS) is 1. The number of nitrogens with one attached hydrogen (secondary N) is 2. The van der Waals surface area contributed by atoms with E-state index >= 15 is 0 Å². The van der Waals surface area contributed by atoms with Crippen molar-refractivity contribution in [1.29, 1.82) is 0 Å². The fourth-order valence-corrected chi connectivity index (χ4v) is 6.14. The standard InChI is InChI=1S/C34H31N3O8S/c1-22(32(40)35-26(20-31(38)39)17-18-46(43,44)27-11-3-2-4-12-27)37-29-13-7-8-14-30(29)45-21-28(34(37)42)36-33(41)25-16-15-23-9-5-6-10-24(23)19-25/h2-19,22,26,28H,20-21H2,1H3,(H,35,40)(H,36,41)(H,38,39). The maximum atomic E-state index is 14.0. The number of carbonyl (C=O) groups excluding carboxylic acids is 3. The number of carbonyl (C=O) groups is 4. The third-order valence-electron chi connectivity index (χ3n) is 7.43. The second-order valence-corrected chi connectivity index (χ2v) is 12.5. The molecule has 0 aliphatic carbocycles. The van der Waals surface area contributed by atoms with Gasteiger partial charge in [0.1, 0.15) is 24.4 Å². The van der Waals surface area contributed by atoms with Crippen LogP contribution in [0, 0.1) is 0 Å². The molecule has 3 unspecified atom stereocenters. The summed E-state index contributed by atoms with van der Waals surface area (Å²) in [5.74, 6) is -2.87. The smallest absolute Gasteiger partial charge is 0.305 e. The van der Waals surface area contributed by atoms with Crippen molar-refractivity contribution in [2.45, 2.75) is 36.4 Å². The van der Waals surface area contributed by atoms with Crippen molar-refractivity contribution < 1.29 is 37.4 Å². The number of nitrogens with zero attached hydrogens (tertiary/aromatic N) is 1. The summed E-state index contributed by atoms with van der Waals surface area (Å²) in [5, 5.41) is 17.4. The van der Waals surface area contributed by atoms with Gasteiger partial charge in [0.05, 0.1) is 23.0 Å². The van der Waals surface area contributed by atoms with Crippen LogP contribution < -0.4 is 20.3 Å². The Morgan fingerprint density at radius 2 is 1.63 bits per heavy atom. The van der Waals surface area contributed by atoms with E-state index in [1.807, 2.05) is 24.3 Å². The van der Waals surface area contributed by atoms with Gasteiger partial charge in [-0.15, -0.1) is 0 Å². The Kier molecular flexibility index (Phi) is 9.47. The molecule has 3 N–H and O–H groups in total. The van der Waals surface area contributed by atoms with E-state index in [9.17, 15) is 32.7 Å². The van der Waals surface area contributed by atoms with Gasteiger partial charge in [-0.25, -0.2) is 8.42 Å². The highest BCUT2D eigenvalue weighted by molar-refractivity contribution is 7.94. The van der Waals surface area contributed by atoms with Crippen LogP contribution >= 0.6 is 0 Å². The molecule has 46 heavy (non-hydrogen) atoms. The highest BCUT2D eigenvalue weighted by atomic mass is 32.2. The quantitative estimate of drug-likeness (QED) is 0.236. The molecule has 1 aliphatic rings. The van der Waals surface area contributed by atoms with E-state index in [1.165, 1.54) is 24.0 Å². The average Bonchev–Trinajstić information content (AvgIpc) is 3.19. The molecule has 5 rings (SSSR count). The van der Waals surface area contributed by atoms with Crippen LogP contribution in [0.2, 0.25) is 0 Å². The van der Waals surface area contributed by atoms with Crippen molar-refractivity contribution in [3.63, 3.8) is 0 Å². The van der Waals surface area contributed by atoms with Gasteiger partial charge in [0, 0.05) is 11.0 Å². The summed E-state index contributed by atoms with van der Waals surface area (Å²) >= 11 is 0. The lowest BCUT2D eigenvalue weighted by Gasteiger charge is -2.30. The first-order chi connectivity index (χ1) is 22.0. The first-order valence-electron chi connectivity index (χ1n) is 14.4. The van der Waals surface area contributed by atoms with Crippen LogP contribution in [-0.4, -0.2) is 61.9 Å². The molecule has 0 saturated heterocycles. The summed E-state index contributed by atoms with van der Waals surface area (Å²) in [5.41, 5.74) is 0.606. The van der Waals surface area contributed by atoms with Crippen LogP contribution in [0.5, 0.6) is 5.75 Å². The van der Waals surface area contributed by atoms with Crippen molar-refractivity contribution >= 4 is 50.0 Å². The number of rotatable bonds is 10. The Bertz CT molecular complexity index is 1930. The number of fused-ring (bicyclic) bond motifs is 2. The maximum Gasteiger partial charge on any atom is 0.305 e. The molecule has 4 aromatic carbocycles. The molecule has 236 valence electrons. The van der Waals surface area contributed by atoms with Gasteiger partial charge in [-0.2, -0.15) is 0 Å². The summed E-state index contributed by atoms with van der Waals surface area (Å²) in [4.78, 5) is 53.6. The van der Waals surface area contributed by atoms with Crippen molar-refractivity contribution in [1.82, 2.24) is 10.6 Å². The molecular formula is C34H31N3O8S. The molecule has 0 saturated carbocycles. The van der Waals surface area contributed by atoms with Crippen LogP contribution in [0.15, 0.2) is 113 Å². The van der Waals surface area contributed by atoms with Gasteiger partial charge in [-0.05, 0) is 60.2 Å². The van der Waals surface area contributed by atoms with Crippen molar-refractivity contribution in [2.24, 2.45) is 0 Å². The maximum absolute atomic E-state index is 14.0. The minimum Gasteiger partial charge on any atom is -0.489 e. The number of anilines is 1. The summed E-state index contributed by atoms with van der Waals surface area (Å²) in [6.45, 7) is 1.24. The second kappa shape index (κ2) is 13.7. The number of ether oxygens (including phenoxy) is 1. The van der Waals surface area contributed by atoms with Gasteiger partial charge in [-0.3, -0.25) is 24.1 Å². The number of benzene rings is 4. The van der Waals surface area contributed by atoms with Gasteiger partial charge in [0.2, 0.25) is 5.91 Å². The zero-order valence-electron chi connectivity index (χ0n) is 24.7. The van der Waals surface area contributed by atoms with E-state index in [0.717, 1.165) is 22.3 Å². The Morgan fingerprint density at radius 3 is 2.37 bits per heavy atom. The van der Waals surface area contributed by atoms with Gasteiger partial charge in [-0.1, -0.05) is 60.7 Å². The number of hydrogen-bond acceptors (Lipinski definition) is 7. The Balaban J connectivity index is 1.38. The molecule has 4 aromatic rings. The average molecular weight is 642 g/mol. The van der Waals surface area contributed by atoms with E-state index in [1.54, 1.807) is 60.7 Å². The summed E-state index contributed by atoms with van der Waals surface area (Å²) in [6.07, 6.45) is 0.478. The van der Waals surface area contributed by atoms with Crippen LogP contribution in [0.25, 0.3) is 10.8 Å². The molecule has 12 heteroatoms. The molecule has 1 aliphatic heterocycles. The lowest BCUT2D eigenvalue weighted by atomic mass is 10.1. The van der Waals surface area contributed by atoms with Crippen molar-refractivity contribution in [3.8, 4) is 5.75 Å². The van der Waals surface area contributed by atoms with Crippen LogP contribution in [0.1, 0.15) is 23.7 Å². The molecule has 0 spiro atoms. The molecule has 0 fully saturated rings. The SMILES string of the molecule is CC(C(=O)NC(C=CS(=O)(=O)c1ccccc1)CC(=O)O)N1C(=O)C(NC(=O)c2ccc3ccccc3c2)COc2ccccc21. The highest BCUT2D eigenvalue weighted by Gasteiger charge is 2.38. The Morgan fingerprint density at radius 1 is 0.957 bits per heavy atom. The third kappa shape index (κ3) is 7.24. The van der Waals surface area contributed by atoms with E-state index in [0.29, 0.717) is 11.3 Å². The first kappa shape index (κ1) is 31.9. The number of amides is 3. The van der Waals surface area contributed by atoms with Gasteiger partial charge >= 0.3 is 5.97 Å². The Labute approximate surface area is 265 Å².